The predicted molar refractivity (Wildman–Crippen MR) is 78.8 cm³/mol. The van der Waals surface area contributed by atoms with E-state index in [4.69, 9.17) is 9.84 Å². The van der Waals surface area contributed by atoms with Gasteiger partial charge in [0.2, 0.25) is 0 Å². The summed E-state index contributed by atoms with van der Waals surface area (Å²) in [5.41, 5.74) is 0.689. The van der Waals surface area contributed by atoms with E-state index in [9.17, 15) is 9.59 Å². The number of anilines is 1. The van der Waals surface area contributed by atoms with E-state index in [-0.39, 0.29) is 0 Å². The number of carbonyl (C=O) groups excluding carboxylic acids is 1. The fourth-order valence-electron chi connectivity index (χ4n) is 1.84. The first-order valence-corrected chi connectivity index (χ1v) is 7.17. The number of hydrogen-bond donors (Lipinski definition) is 2. The number of carboxylic acids is 1. The number of fused-ring (bicyclic) bond motifs is 1. The molecule has 2 aromatic rings. The minimum atomic E-state index is -0.986. The van der Waals surface area contributed by atoms with Gasteiger partial charge in [0.05, 0.1) is 12.0 Å². The van der Waals surface area contributed by atoms with Crippen molar-refractivity contribution in [3.8, 4) is 0 Å². The third-order valence-electron chi connectivity index (χ3n) is 2.91. The third-order valence-corrected chi connectivity index (χ3v) is 4.09. The Hall–Kier alpha value is -2.22. The van der Waals surface area contributed by atoms with Crippen molar-refractivity contribution in [2.45, 2.75) is 26.8 Å². The Balaban J connectivity index is 2.49. The second-order valence-corrected chi connectivity index (χ2v) is 5.38. The molecule has 0 saturated heterocycles. The number of thiophene rings is 1. The van der Waals surface area contributed by atoms with Crippen LogP contribution in [0.4, 0.5) is 5.82 Å². The molecular formula is C13H15N3O4S. The highest BCUT2D eigenvalue weighted by Gasteiger charge is 2.21. The molecule has 7 nitrogen and oxygen atoms in total. The van der Waals surface area contributed by atoms with Crippen molar-refractivity contribution in [1.82, 2.24) is 9.97 Å². The highest BCUT2D eigenvalue weighted by Crippen LogP contribution is 2.33. The molecule has 2 aromatic heterocycles. The number of carbonyl (C=O) groups is 2. The summed E-state index contributed by atoms with van der Waals surface area (Å²) in [4.78, 5) is 32.1. The molecule has 0 aliphatic rings. The average molecular weight is 309 g/mol. The number of nitrogens with zero attached hydrogens (tertiary/aromatic N) is 2. The predicted octanol–water partition coefficient (Wildman–Crippen LogP) is 2.06. The molecular weight excluding hydrogens is 294 g/mol. The maximum absolute atomic E-state index is 11.9. The van der Waals surface area contributed by atoms with Gasteiger partial charge >= 0.3 is 11.9 Å². The van der Waals surface area contributed by atoms with E-state index in [1.54, 1.807) is 13.8 Å². The molecule has 0 radical (unpaired) electrons. The molecule has 0 saturated carbocycles. The van der Waals surface area contributed by atoms with E-state index in [0.29, 0.717) is 33.1 Å². The number of aryl methyl sites for hydroxylation is 1. The summed E-state index contributed by atoms with van der Waals surface area (Å²) in [6.07, 6.45) is 1.34. The zero-order valence-corrected chi connectivity index (χ0v) is 12.7. The third kappa shape index (κ3) is 2.94. The van der Waals surface area contributed by atoms with Gasteiger partial charge in [0.1, 0.15) is 27.9 Å². The number of ether oxygens (including phenoxy) is 1. The van der Waals surface area contributed by atoms with Crippen LogP contribution in [0.25, 0.3) is 10.2 Å². The topological polar surface area (TPSA) is 101 Å². The first-order valence-electron chi connectivity index (χ1n) is 6.36. The van der Waals surface area contributed by atoms with Crippen LogP contribution in [0.2, 0.25) is 0 Å². The molecule has 21 heavy (non-hydrogen) atoms. The molecule has 1 atom stereocenters. The van der Waals surface area contributed by atoms with Crippen molar-refractivity contribution in [3.05, 3.63) is 16.8 Å². The van der Waals surface area contributed by atoms with Crippen molar-refractivity contribution in [2.75, 3.05) is 11.9 Å². The summed E-state index contributed by atoms with van der Waals surface area (Å²) < 4.78 is 5.01. The molecule has 2 rings (SSSR count). The summed E-state index contributed by atoms with van der Waals surface area (Å²) in [6.45, 7) is 5.32. The zero-order chi connectivity index (χ0) is 15.6. The van der Waals surface area contributed by atoms with Crippen molar-refractivity contribution in [3.63, 3.8) is 0 Å². The second kappa shape index (κ2) is 6.04. The van der Waals surface area contributed by atoms with Crippen LogP contribution in [0, 0.1) is 6.92 Å². The van der Waals surface area contributed by atoms with Crippen molar-refractivity contribution >= 4 is 39.3 Å². The lowest BCUT2D eigenvalue weighted by atomic mass is 10.2. The van der Waals surface area contributed by atoms with Gasteiger partial charge < -0.3 is 15.2 Å². The number of carboxylic acid groups (broad SMARTS) is 1. The quantitative estimate of drug-likeness (QED) is 0.815. The number of aliphatic carboxylic acids is 1. The zero-order valence-electron chi connectivity index (χ0n) is 11.8. The van der Waals surface area contributed by atoms with E-state index in [1.807, 2.05) is 0 Å². The fourth-order valence-corrected chi connectivity index (χ4v) is 2.88. The first-order chi connectivity index (χ1) is 9.95. The van der Waals surface area contributed by atoms with E-state index in [2.05, 4.69) is 15.3 Å². The van der Waals surface area contributed by atoms with Crippen LogP contribution in [0.5, 0.6) is 0 Å². The Bertz CT molecular complexity index is 698. The van der Waals surface area contributed by atoms with Crippen molar-refractivity contribution < 1.29 is 19.4 Å². The van der Waals surface area contributed by atoms with E-state index < -0.39 is 18.0 Å². The van der Waals surface area contributed by atoms with Crippen LogP contribution in [0.15, 0.2) is 6.33 Å². The Kier molecular flexibility index (Phi) is 4.37. The Morgan fingerprint density at radius 2 is 2.19 bits per heavy atom. The fraction of sp³-hybridized carbons (Fsp3) is 0.385. The van der Waals surface area contributed by atoms with E-state index in [1.165, 1.54) is 24.6 Å². The second-order valence-electron chi connectivity index (χ2n) is 4.38. The molecule has 0 aliphatic carbocycles. The van der Waals surface area contributed by atoms with Gasteiger partial charge in [-0.2, -0.15) is 0 Å². The lowest BCUT2D eigenvalue weighted by Crippen LogP contribution is -2.26. The minimum absolute atomic E-state index is 0.291. The van der Waals surface area contributed by atoms with Gasteiger partial charge in [0.25, 0.3) is 0 Å². The molecule has 2 heterocycles. The van der Waals surface area contributed by atoms with Gasteiger partial charge in [0, 0.05) is 0 Å². The van der Waals surface area contributed by atoms with E-state index >= 15 is 0 Å². The summed E-state index contributed by atoms with van der Waals surface area (Å²) in [5.74, 6) is -0.991. The molecule has 1 unspecified atom stereocenters. The maximum atomic E-state index is 11.9. The molecule has 0 aromatic carbocycles. The monoisotopic (exact) mass is 309 g/mol. The molecule has 8 heteroatoms. The number of aromatic nitrogens is 2. The van der Waals surface area contributed by atoms with Crippen LogP contribution >= 0.6 is 11.3 Å². The molecule has 0 aliphatic heterocycles. The number of rotatable bonds is 5. The maximum Gasteiger partial charge on any atom is 0.348 e. The highest BCUT2D eigenvalue weighted by atomic mass is 32.1. The van der Waals surface area contributed by atoms with Crippen LogP contribution in [-0.4, -0.2) is 39.7 Å². The number of hydrogen-bond acceptors (Lipinski definition) is 7. The molecule has 2 N–H and O–H groups in total. The van der Waals surface area contributed by atoms with Gasteiger partial charge in [0.15, 0.2) is 0 Å². The standard InChI is InChI=1S/C13H15N3O4S/c1-4-20-13(19)9-6(2)8-10(16-7(3)12(17)18)14-5-15-11(8)21-9/h5,7H,4H2,1-3H3,(H,17,18)(H,14,15,16). The average Bonchev–Trinajstić information content (AvgIpc) is 2.77. The van der Waals surface area contributed by atoms with Gasteiger partial charge in [-0.25, -0.2) is 14.8 Å². The smallest absolute Gasteiger partial charge is 0.348 e. The van der Waals surface area contributed by atoms with Gasteiger partial charge in [-0.1, -0.05) is 0 Å². The summed E-state index contributed by atoms with van der Waals surface area (Å²) in [5, 5.41) is 12.4. The van der Waals surface area contributed by atoms with Crippen molar-refractivity contribution in [2.24, 2.45) is 0 Å². The number of nitrogens with one attached hydrogen (secondary N) is 1. The van der Waals surface area contributed by atoms with Crippen molar-refractivity contribution in [1.29, 1.82) is 0 Å². The Labute approximate surface area is 125 Å². The van der Waals surface area contributed by atoms with E-state index in [0.717, 1.165) is 0 Å². The molecule has 0 amide bonds. The molecule has 0 spiro atoms. The lowest BCUT2D eigenvalue weighted by molar-refractivity contribution is -0.137. The van der Waals surface area contributed by atoms with Crippen LogP contribution < -0.4 is 5.32 Å². The van der Waals surface area contributed by atoms with Gasteiger partial charge in [-0.05, 0) is 26.3 Å². The Morgan fingerprint density at radius 1 is 1.48 bits per heavy atom. The van der Waals surface area contributed by atoms with Crippen LogP contribution in [0.1, 0.15) is 29.1 Å². The first kappa shape index (κ1) is 15.2. The van der Waals surface area contributed by atoms with Crippen LogP contribution in [-0.2, 0) is 9.53 Å². The molecule has 112 valence electrons. The minimum Gasteiger partial charge on any atom is -0.480 e. The summed E-state index contributed by atoms with van der Waals surface area (Å²) in [7, 11) is 0. The normalized spacial score (nSPS) is 12.1. The Morgan fingerprint density at radius 3 is 2.81 bits per heavy atom. The number of esters is 1. The molecule has 0 bridgehead atoms. The summed E-state index contributed by atoms with van der Waals surface area (Å²) in [6, 6.07) is -0.798. The SMILES string of the molecule is CCOC(=O)c1sc2ncnc(NC(C)C(=O)O)c2c1C. The van der Waals surface area contributed by atoms with Gasteiger partial charge in [-0.3, -0.25) is 4.79 Å². The highest BCUT2D eigenvalue weighted by molar-refractivity contribution is 7.20. The lowest BCUT2D eigenvalue weighted by Gasteiger charge is -2.10. The molecule has 0 fully saturated rings. The largest absolute Gasteiger partial charge is 0.480 e. The summed E-state index contributed by atoms with van der Waals surface area (Å²) >= 11 is 1.21. The van der Waals surface area contributed by atoms with Gasteiger partial charge in [-0.15, -0.1) is 11.3 Å². The van der Waals surface area contributed by atoms with Crippen LogP contribution in [0.3, 0.4) is 0 Å².